The largest absolute Gasteiger partial charge is 0.497 e. The standard InChI is InChI=1S/C22H18N2O3/c1-26-18-10-8-17(9-11-18)24-22(25)16(14-23)13-15-7-12-21(27-2)20-6-4-3-5-19(15)20/h3-13H,1-2H3,(H,24,25)/b16-13+. The number of nitrogens with zero attached hydrogens (tertiary/aromatic N) is 1. The molecular weight excluding hydrogens is 340 g/mol. The Morgan fingerprint density at radius 2 is 1.67 bits per heavy atom. The van der Waals surface area contributed by atoms with Gasteiger partial charge >= 0.3 is 0 Å². The van der Waals surface area contributed by atoms with Crippen molar-refractivity contribution >= 4 is 28.4 Å². The molecule has 0 aromatic heterocycles. The maximum Gasteiger partial charge on any atom is 0.266 e. The molecule has 0 radical (unpaired) electrons. The van der Waals surface area contributed by atoms with Crippen LogP contribution in [0.4, 0.5) is 5.69 Å². The van der Waals surface area contributed by atoms with E-state index in [0.717, 1.165) is 22.1 Å². The van der Waals surface area contributed by atoms with Gasteiger partial charge in [0.15, 0.2) is 0 Å². The molecule has 0 atom stereocenters. The van der Waals surface area contributed by atoms with Gasteiger partial charge in [-0.2, -0.15) is 5.26 Å². The first kappa shape index (κ1) is 18.0. The number of fused-ring (bicyclic) bond motifs is 1. The topological polar surface area (TPSA) is 71.3 Å². The lowest BCUT2D eigenvalue weighted by molar-refractivity contribution is -0.112. The second-order valence-corrected chi connectivity index (χ2v) is 5.76. The summed E-state index contributed by atoms with van der Waals surface area (Å²) in [5.74, 6) is 0.959. The predicted molar refractivity (Wildman–Crippen MR) is 106 cm³/mol. The average Bonchev–Trinajstić information content (AvgIpc) is 2.72. The second kappa shape index (κ2) is 8.07. The van der Waals surface area contributed by atoms with Gasteiger partial charge in [-0.3, -0.25) is 4.79 Å². The molecule has 1 amide bonds. The predicted octanol–water partition coefficient (Wildman–Crippen LogP) is 4.40. The molecule has 0 fully saturated rings. The van der Waals surface area contributed by atoms with Crippen molar-refractivity contribution in [1.29, 1.82) is 5.26 Å². The van der Waals surface area contributed by atoms with Gasteiger partial charge in [0, 0.05) is 11.1 Å². The third-order valence-corrected chi connectivity index (χ3v) is 4.15. The van der Waals surface area contributed by atoms with Crippen LogP contribution >= 0.6 is 0 Å². The van der Waals surface area contributed by atoms with E-state index >= 15 is 0 Å². The summed E-state index contributed by atoms with van der Waals surface area (Å²) in [6, 6.07) is 20.2. The zero-order valence-electron chi connectivity index (χ0n) is 15.0. The first-order chi connectivity index (χ1) is 13.2. The zero-order chi connectivity index (χ0) is 19.2. The van der Waals surface area contributed by atoms with Gasteiger partial charge in [-0.25, -0.2) is 0 Å². The molecule has 0 unspecified atom stereocenters. The summed E-state index contributed by atoms with van der Waals surface area (Å²) in [5, 5.41) is 14.0. The van der Waals surface area contributed by atoms with E-state index in [-0.39, 0.29) is 5.57 Å². The Morgan fingerprint density at radius 3 is 2.30 bits per heavy atom. The third-order valence-electron chi connectivity index (χ3n) is 4.15. The number of hydrogen-bond donors (Lipinski definition) is 1. The summed E-state index contributed by atoms with van der Waals surface area (Å²) in [5.41, 5.74) is 1.37. The summed E-state index contributed by atoms with van der Waals surface area (Å²) in [6.45, 7) is 0. The van der Waals surface area contributed by atoms with E-state index < -0.39 is 5.91 Å². The van der Waals surface area contributed by atoms with Crippen molar-refractivity contribution in [1.82, 2.24) is 0 Å². The molecule has 3 rings (SSSR count). The quantitative estimate of drug-likeness (QED) is 0.542. The van der Waals surface area contributed by atoms with E-state index in [1.807, 2.05) is 42.5 Å². The van der Waals surface area contributed by atoms with Crippen molar-refractivity contribution in [2.45, 2.75) is 0 Å². The van der Waals surface area contributed by atoms with Crippen LogP contribution in [-0.2, 0) is 4.79 Å². The molecule has 0 aliphatic rings. The van der Waals surface area contributed by atoms with Crippen molar-refractivity contribution in [2.75, 3.05) is 19.5 Å². The first-order valence-electron chi connectivity index (χ1n) is 8.29. The van der Waals surface area contributed by atoms with E-state index in [0.29, 0.717) is 11.4 Å². The number of anilines is 1. The second-order valence-electron chi connectivity index (χ2n) is 5.76. The maximum absolute atomic E-state index is 12.5. The Labute approximate surface area is 157 Å². The number of nitrogens with one attached hydrogen (secondary N) is 1. The molecule has 0 aliphatic heterocycles. The number of amides is 1. The molecular formula is C22H18N2O3. The number of rotatable bonds is 5. The molecule has 0 aliphatic carbocycles. The van der Waals surface area contributed by atoms with Gasteiger partial charge in [-0.05, 0) is 47.4 Å². The lowest BCUT2D eigenvalue weighted by Crippen LogP contribution is -2.13. The van der Waals surface area contributed by atoms with Gasteiger partial charge in [0.05, 0.1) is 14.2 Å². The van der Waals surface area contributed by atoms with Crippen molar-refractivity contribution < 1.29 is 14.3 Å². The number of methoxy groups -OCH3 is 2. The highest BCUT2D eigenvalue weighted by molar-refractivity contribution is 6.11. The summed E-state index contributed by atoms with van der Waals surface area (Å²) in [4.78, 5) is 12.5. The molecule has 27 heavy (non-hydrogen) atoms. The number of nitriles is 1. The fourth-order valence-corrected chi connectivity index (χ4v) is 2.78. The Morgan fingerprint density at radius 1 is 0.963 bits per heavy atom. The van der Waals surface area contributed by atoms with Gasteiger partial charge in [-0.1, -0.05) is 30.3 Å². The normalized spacial score (nSPS) is 10.9. The van der Waals surface area contributed by atoms with Crippen LogP contribution in [0, 0.1) is 11.3 Å². The maximum atomic E-state index is 12.5. The van der Waals surface area contributed by atoms with E-state index in [9.17, 15) is 10.1 Å². The average molecular weight is 358 g/mol. The van der Waals surface area contributed by atoms with Gasteiger partial charge in [-0.15, -0.1) is 0 Å². The summed E-state index contributed by atoms with van der Waals surface area (Å²) < 4.78 is 10.5. The van der Waals surface area contributed by atoms with E-state index in [2.05, 4.69) is 5.32 Å². The molecule has 0 saturated carbocycles. The smallest absolute Gasteiger partial charge is 0.266 e. The van der Waals surface area contributed by atoms with Crippen LogP contribution in [0.1, 0.15) is 5.56 Å². The van der Waals surface area contributed by atoms with Crippen LogP contribution in [0.2, 0.25) is 0 Å². The third kappa shape index (κ3) is 3.91. The molecule has 134 valence electrons. The van der Waals surface area contributed by atoms with Gasteiger partial charge in [0.1, 0.15) is 23.1 Å². The molecule has 0 spiro atoms. The van der Waals surface area contributed by atoms with Crippen LogP contribution in [0.15, 0.2) is 66.2 Å². The van der Waals surface area contributed by atoms with Crippen molar-refractivity contribution in [2.24, 2.45) is 0 Å². The number of benzene rings is 3. The zero-order valence-corrected chi connectivity index (χ0v) is 15.0. The highest BCUT2D eigenvalue weighted by Gasteiger charge is 2.12. The molecule has 0 saturated heterocycles. The van der Waals surface area contributed by atoms with Crippen LogP contribution in [-0.4, -0.2) is 20.1 Å². The van der Waals surface area contributed by atoms with Crippen LogP contribution in [0.5, 0.6) is 11.5 Å². The fraction of sp³-hybridized carbons (Fsp3) is 0.0909. The Balaban J connectivity index is 1.93. The Hall–Kier alpha value is -3.78. The lowest BCUT2D eigenvalue weighted by Gasteiger charge is -2.09. The lowest BCUT2D eigenvalue weighted by atomic mass is 10.0. The Bertz CT molecular complexity index is 1050. The minimum atomic E-state index is -0.470. The molecule has 0 heterocycles. The molecule has 1 N–H and O–H groups in total. The Kier molecular flexibility index (Phi) is 5.38. The summed E-state index contributed by atoms with van der Waals surface area (Å²) >= 11 is 0. The highest BCUT2D eigenvalue weighted by atomic mass is 16.5. The van der Waals surface area contributed by atoms with E-state index in [1.165, 1.54) is 0 Å². The molecule has 3 aromatic carbocycles. The van der Waals surface area contributed by atoms with Crippen LogP contribution < -0.4 is 14.8 Å². The van der Waals surface area contributed by atoms with Crippen molar-refractivity contribution in [3.63, 3.8) is 0 Å². The van der Waals surface area contributed by atoms with E-state index in [1.54, 1.807) is 44.6 Å². The number of carbonyl (C=O) groups is 1. The molecule has 0 bridgehead atoms. The SMILES string of the molecule is COc1ccc(NC(=O)/C(C#N)=C/c2ccc(OC)c3ccccc23)cc1. The first-order valence-corrected chi connectivity index (χ1v) is 8.29. The van der Waals surface area contributed by atoms with Crippen molar-refractivity contribution in [3.8, 4) is 17.6 Å². The molecule has 5 nitrogen and oxygen atoms in total. The van der Waals surface area contributed by atoms with Gasteiger partial charge in [0.2, 0.25) is 0 Å². The van der Waals surface area contributed by atoms with E-state index in [4.69, 9.17) is 9.47 Å². The summed E-state index contributed by atoms with van der Waals surface area (Å²) in [7, 11) is 3.18. The molecule has 3 aromatic rings. The summed E-state index contributed by atoms with van der Waals surface area (Å²) in [6.07, 6.45) is 1.58. The van der Waals surface area contributed by atoms with Crippen LogP contribution in [0.25, 0.3) is 16.8 Å². The van der Waals surface area contributed by atoms with Gasteiger partial charge in [0.25, 0.3) is 5.91 Å². The van der Waals surface area contributed by atoms with Gasteiger partial charge < -0.3 is 14.8 Å². The fourth-order valence-electron chi connectivity index (χ4n) is 2.78. The highest BCUT2D eigenvalue weighted by Crippen LogP contribution is 2.29. The number of carbonyl (C=O) groups excluding carboxylic acids is 1. The number of hydrogen-bond acceptors (Lipinski definition) is 4. The van der Waals surface area contributed by atoms with Crippen LogP contribution in [0.3, 0.4) is 0 Å². The minimum Gasteiger partial charge on any atom is -0.497 e. The molecule has 5 heteroatoms. The minimum absolute atomic E-state index is 0.0149. The van der Waals surface area contributed by atoms with Crippen molar-refractivity contribution in [3.05, 3.63) is 71.8 Å². The number of ether oxygens (including phenoxy) is 2. The monoisotopic (exact) mass is 358 g/mol.